The van der Waals surface area contributed by atoms with Crippen LogP contribution in [-0.2, 0) is 0 Å². The van der Waals surface area contributed by atoms with Gasteiger partial charge in [-0.05, 0) is 80.6 Å². The summed E-state index contributed by atoms with van der Waals surface area (Å²) in [5.41, 5.74) is 7.20. The predicted octanol–water partition coefficient (Wildman–Crippen LogP) is 10.2. The van der Waals surface area contributed by atoms with Gasteiger partial charge >= 0.3 is 0 Å². The molecule has 7 aromatic rings. The maximum atomic E-state index is 6.19. The molecule has 0 aliphatic heterocycles. The molecule has 5 aromatic carbocycles. The van der Waals surface area contributed by atoms with Gasteiger partial charge in [0.05, 0.1) is 0 Å². The highest BCUT2D eigenvalue weighted by molar-refractivity contribution is 7.99. The van der Waals surface area contributed by atoms with Crippen LogP contribution in [-0.4, -0.2) is 9.97 Å². The van der Waals surface area contributed by atoms with Crippen LogP contribution in [0.1, 0.15) is 11.1 Å². The molecule has 0 N–H and O–H groups in total. The average molecular weight is 557 g/mol. The molecule has 194 valence electrons. The lowest BCUT2D eigenvalue weighted by molar-refractivity contribution is 0.609. The Kier molecular flexibility index (Phi) is 6.42. The second kappa shape index (κ2) is 10.4. The Morgan fingerprint density at radius 3 is 1.35 bits per heavy atom. The van der Waals surface area contributed by atoms with Gasteiger partial charge in [0.25, 0.3) is 0 Å². The van der Waals surface area contributed by atoms with E-state index in [1.54, 1.807) is 23.5 Å². The number of nitrogens with zero attached hydrogens (tertiary/aromatic N) is 2. The molecule has 4 nitrogen and oxygen atoms in total. The van der Waals surface area contributed by atoms with Gasteiger partial charge in [-0.1, -0.05) is 71.0 Å². The first-order valence-corrected chi connectivity index (χ1v) is 14.6. The molecule has 0 atom stereocenters. The standard InChI is InChI=1S/C34H24N2O2S2/c1-21-7-3-11-25(15-21)39-27-13-5-9-23(17-27)33-35-29-19-30-32(20-31(29)37-33)38-34(36-30)24-10-6-14-28(18-24)40-26-12-4-8-22(2)16-26/h3-20H,1-2H3. The third-order valence-electron chi connectivity index (χ3n) is 6.51. The summed E-state index contributed by atoms with van der Waals surface area (Å²) < 4.78 is 12.4. The highest BCUT2D eigenvalue weighted by atomic mass is 32.2. The number of hydrogen-bond donors (Lipinski definition) is 0. The summed E-state index contributed by atoms with van der Waals surface area (Å²) in [4.78, 5) is 14.2. The van der Waals surface area contributed by atoms with Crippen molar-refractivity contribution in [2.75, 3.05) is 0 Å². The Bertz CT molecular complexity index is 1820. The Hall–Kier alpha value is -4.26. The molecule has 40 heavy (non-hydrogen) atoms. The molecule has 0 radical (unpaired) electrons. The number of fused-ring (bicyclic) bond motifs is 2. The van der Waals surface area contributed by atoms with Crippen LogP contribution in [0.5, 0.6) is 0 Å². The molecular weight excluding hydrogens is 533 g/mol. The van der Waals surface area contributed by atoms with Gasteiger partial charge in [-0.3, -0.25) is 0 Å². The Morgan fingerprint density at radius 2 is 0.900 bits per heavy atom. The lowest BCUT2D eigenvalue weighted by Crippen LogP contribution is -1.80. The van der Waals surface area contributed by atoms with E-state index in [4.69, 9.17) is 18.8 Å². The SMILES string of the molecule is Cc1cccc(Sc2cccc(-c3nc4cc5nc(-c6cccc(Sc7cccc(C)c7)c6)oc5cc4o3)c2)c1. The van der Waals surface area contributed by atoms with Crippen LogP contribution < -0.4 is 0 Å². The normalized spacial score (nSPS) is 11.4. The molecule has 0 fully saturated rings. The summed E-state index contributed by atoms with van der Waals surface area (Å²) >= 11 is 3.45. The molecule has 7 rings (SSSR count). The third-order valence-corrected chi connectivity index (χ3v) is 8.47. The number of hydrogen-bond acceptors (Lipinski definition) is 6. The first-order chi connectivity index (χ1) is 19.6. The van der Waals surface area contributed by atoms with E-state index < -0.39 is 0 Å². The fourth-order valence-corrected chi connectivity index (χ4v) is 6.60. The van der Waals surface area contributed by atoms with Gasteiger partial charge in [-0.2, -0.15) is 0 Å². The molecule has 0 saturated heterocycles. The van der Waals surface area contributed by atoms with E-state index in [1.165, 1.54) is 20.9 Å². The topological polar surface area (TPSA) is 52.1 Å². The third kappa shape index (κ3) is 5.16. The summed E-state index contributed by atoms with van der Waals surface area (Å²) in [7, 11) is 0. The van der Waals surface area contributed by atoms with Crippen molar-refractivity contribution in [1.29, 1.82) is 0 Å². The predicted molar refractivity (Wildman–Crippen MR) is 163 cm³/mol. The number of oxazole rings is 2. The number of aromatic nitrogens is 2. The van der Waals surface area contributed by atoms with Gasteiger partial charge < -0.3 is 8.83 Å². The summed E-state index contributed by atoms with van der Waals surface area (Å²) in [5.74, 6) is 1.16. The zero-order valence-corrected chi connectivity index (χ0v) is 23.6. The Balaban J connectivity index is 1.16. The Labute approximate surface area is 240 Å². The van der Waals surface area contributed by atoms with Crippen LogP contribution in [0.3, 0.4) is 0 Å². The zero-order chi connectivity index (χ0) is 27.1. The lowest BCUT2D eigenvalue weighted by atomic mass is 10.2. The molecule has 0 saturated carbocycles. The molecule has 0 aliphatic carbocycles. The lowest BCUT2D eigenvalue weighted by Gasteiger charge is -2.04. The van der Waals surface area contributed by atoms with Crippen LogP contribution in [0.4, 0.5) is 0 Å². The van der Waals surface area contributed by atoms with E-state index in [-0.39, 0.29) is 0 Å². The second-order valence-corrected chi connectivity index (χ2v) is 12.0. The molecule has 6 heteroatoms. The van der Waals surface area contributed by atoms with Crippen molar-refractivity contribution in [1.82, 2.24) is 9.97 Å². The van der Waals surface area contributed by atoms with Gasteiger partial charge in [0.15, 0.2) is 11.2 Å². The van der Waals surface area contributed by atoms with E-state index in [2.05, 4.69) is 86.6 Å². The summed E-state index contributed by atoms with van der Waals surface area (Å²) in [5, 5.41) is 0. The smallest absolute Gasteiger partial charge is 0.227 e. The number of aryl methyl sites for hydroxylation is 2. The van der Waals surface area contributed by atoms with Crippen molar-refractivity contribution in [2.45, 2.75) is 33.4 Å². The van der Waals surface area contributed by atoms with Crippen LogP contribution in [0.25, 0.3) is 45.1 Å². The minimum atomic E-state index is 0.579. The van der Waals surface area contributed by atoms with E-state index in [0.717, 1.165) is 32.0 Å². The van der Waals surface area contributed by atoms with Crippen molar-refractivity contribution in [2.24, 2.45) is 0 Å². The molecule has 0 aliphatic rings. The van der Waals surface area contributed by atoms with Crippen LogP contribution in [0, 0.1) is 13.8 Å². The summed E-state index contributed by atoms with van der Waals surface area (Å²) in [6.45, 7) is 4.21. The summed E-state index contributed by atoms with van der Waals surface area (Å²) in [6, 6.07) is 37.4. The van der Waals surface area contributed by atoms with Gasteiger partial charge in [-0.15, -0.1) is 0 Å². The second-order valence-electron chi connectivity index (χ2n) is 9.72. The molecule has 0 bridgehead atoms. The van der Waals surface area contributed by atoms with Crippen LogP contribution in [0.15, 0.2) is 138 Å². The molecule has 0 unspecified atom stereocenters. The minimum Gasteiger partial charge on any atom is -0.436 e. The van der Waals surface area contributed by atoms with E-state index in [0.29, 0.717) is 22.9 Å². The summed E-state index contributed by atoms with van der Waals surface area (Å²) in [6.07, 6.45) is 0. The van der Waals surface area contributed by atoms with Gasteiger partial charge in [0, 0.05) is 36.8 Å². The first kappa shape index (κ1) is 24.8. The number of benzene rings is 5. The molecular formula is C34H24N2O2S2. The fraction of sp³-hybridized carbons (Fsp3) is 0.0588. The molecule has 2 heterocycles. The highest BCUT2D eigenvalue weighted by Gasteiger charge is 2.15. The van der Waals surface area contributed by atoms with Crippen molar-refractivity contribution < 1.29 is 8.83 Å². The van der Waals surface area contributed by atoms with Gasteiger partial charge in [0.2, 0.25) is 11.8 Å². The van der Waals surface area contributed by atoms with Crippen molar-refractivity contribution in [3.05, 3.63) is 120 Å². The van der Waals surface area contributed by atoms with Crippen molar-refractivity contribution in [3.8, 4) is 22.9 Å². The van der Waals surface area contributed by atoms with Gasteiger partial charge in [-0.25, -0.2) is 9.97 Å². The van der Waals surface area contributed by atoms with Crippen LogP contribution >= 0.6 is 23.5 Å². The quantitative estimate of drug-likeness (QED) is 0.203. The van der Waals surface area contributed by atoms with E-state index >= 15 is 0 Å². The van der Waals surface area contributed by atoms with Crippen molar-refractivity contribution in [3.63, 3.8) is 0 Å². The zero-order valence-electron chi connectivity index (χ0n) is 21.9. The molecule has 2 aromatic heterocycles. The molecule has 0 amide bonds. The average Bonchev–Trinajstić information content (AvgIpc) is 3.55. The largest absolute Gasteiger partial charge is 0.436 e. The molecule has 0 spiro atoms. The Morgan fingerprint density at radius 1 is 0.475 bits per heavy atom. The maximum Gasteiger partial charge on any atom is 0.227 e. The van der Waals surface area contributed by atoms with E-state index in [9.17, 15) is 0 Å². The highest BCUT2D eigenvalue weighted by Crippen LogP contribution is 2.35. The first-order valence-electron chi connectivity index (χ1n) is 13.0. The monoisotopic (exact) mass is 556 g/mol. The van der Waals surface area contributed by atoms with Gasteiger partial charge in [0.1, 0.15) is 11.0 Å². The van der Waals surface area contributed by atoms with Crippen molar-refractivity contribution >= 4 is 45.7 Å². The fourth-order valence-electron chi connectivity index (χ4n) is 4.61. The minimum absolute atomic E-state index is 0.579. The maximum absolute atomic E-state index is 6.19. The van der Waals surface area contributed by atoms with Crippen LogP contribution in [0.2, 0.25) is 0 Å². The van der Waals surface area contributed by atoms with E-state index in [1.807, 2.05) is 36.4 Å². The number of rotatable bonds is 6.